The van der Waals surface area contributed by atoms with E-state index >= 15 is 0 Å². The van der Waals surface area contributed by atoms with Gasteiger partial charge in [-0.05, 0) is 11.8 Å². The number of rotatable bonds is 0. The van der Waals surface area contributed by atoms with Crippen molar-refractivity contribution in [2.45, 2.75) is 13.8 Å². The maximum Gasteiger partial charge on any atom is 0.224 e. The van der Waals surface area contributed by atoms with Crippen molar-refractivity contribution in [3.63, 3.8) is 0 Å². The van der Waals surface area contributed by atoms with Gasteiger partial charge in [0.25, 0.3) is 0 Å². The van der Waals surface area contributed by atoms with Gasteiger partial charge in [-0.2, -0.15) is 0 Å². The van der Waals surface area contributed by atoms with Crippen LogP contribution in [0.1, 0.15) is 13.8 Å². The molecule has 13 heavy (non-hydrogen) atoms. The highest BCUT2D eigenvalue weighted by molar-refractivity contribution is 8.04. The molecule has 1 heterocycles. The summed E-state index contributed by atoms with van der Waals surface area (Å²) in [6.07, 6.45) is 0. The zero-order valence-electron chi connectivity index (χ0n) is 7.52. The lowest BCUT2D eigenvalue weighted by Gasteiger charge is -2.12. The summed E-state index contributed by atoms with van der Waals surface area (Å²) < 4.78 is 46.3. The molecule has 1 rings (SSSR count). The lowest BCUT2D eigenvalue weighted by atomic mass is 10.0. The minimum atomic E-state index is -3.65. The van der Waals surface area contributed by atoms with Crippen LogP contribution in [-0.4, -0.2) is 28.3 Å². The largest absolute Gasteiger partial charge is 0.224 e. The third-order valence-corrected chi connectivity index (χ3v) is 6.15. The molecule has 0 aliphatic carbocycles. The number of nitrogens with one attached hydrogen (secondary N) is 1. The molecule has 0 saturated carbocycles. The van der Waals surface area contributed by atoms with Gasteiger partial charge in [0.2, 0.25) is 20.0 Å². The van der Waals surface area contributed by atoms with E-state index in [0.717, 1.165) is 0 Å². The topological polar surface area (TPSA) is 80.3 Å². The summed E-state index contributed by atoms with van der Waals surface area (Å²) in [6, 6.07) is 0. The fourth-order valence-electron chi connectivity index (χ4n) is 1.28. The first-order valence-corrected chi connectivity index (χ1v) is 7.26. The highest BCUT2D eigenvalue weighted by Gasteiger charge is 2.32. The van der Waals surface area contributed by atoms with Crippen LogP contribution >= 0.6 is 0 Å². The van der Waals surface area contributed by atoms with Crippen LogP contribution < -0.4 is 4.13 Å². The Bertz CT molecular complexity index is 345. The summed E-state index contributed by atoms with van der Waals surface area (Å²) in [5.41, 5.74) is 0. The Hall–Kier alpha value is -0.140. The zero-order chi connectivity index (χ0) is 10.3. The molecule has 1 saturated heterocycles. The van der Waals surface area contributed by atoms with Crippen LogP contribution in [-0.2, 0) is 20.0 Å². The van der Waals surface area contributed by atoms with Crippen LogP contribution in [0.15, 0.2) is 0 Å². The van der Waals surface area contributed by atoms with E-state index in [1.54, 1.807) is 18.0 Å². The average Bonchev–Trinajstić information content (AvgIpc) is 1.85. The first-order chi connectivity index (χ1) is 5.72. The molecule has 2 atom stereocenters. The molecule has 1 aliphatic rings. The van der Waals surface area contributed by atoms with Gasteiger partial charge < -0.3 is 0 Å². The van der Waals surface area contributed by atoms with E-state index in [4.69, 9.17) is 0 Å². The molecule has 0 radical (unpaired) electrons. The quantitative estimate of drug-likeness (QED) is 0.606. The molecular weight excluding hydrogens is 214 g/mol. The Morgan fingerprint density at radius 3 is 1.54 bits per heavy atom. The number of hydrogen-bond acceptors (Lipinski definition) is 4. The molecule has 78 valence electrons. The zero-order valence-corrected chi connectivity index (χ0v) is 9.15. The van der Waals surface area contributed by atoms with E-state index in [9.17, 15) is 16.8 Å². The summed E-state index contributed by atoms with van der Waals surface area (Å²) in [7, 11) is -7.29. The molecular formula is C6H13NO4S2. The second kappa shape index (κ2) is 3.21. The van der Waals surface area contributed by atoms with Gasteiger partial charge in [-0.1, -0.05) is 13.8 Å². The monoisotopic (exact) mass is 227 g/mol. The molecule has 0 aromatic heterocycles. The van der Waals surface area contributed by atoms with Crippen molar-refractivity contribution in [2.24, 2.45) is 11.8 Å². The van der Waals surface area contributed by atoms with Crippen LogP contribution in [0.25, 0.3) is 0 Å². The normalized spacial score (nSPS) is 38.0. The Labute approximate surface area is 78.6 Å². The van der Waals surface area contributed by atoms with Crippen LogP contribution in [0.2, 0.25) is 0 Å². The van der Waals surface area contributed by atoms with Crippen LogP contribution in [0.5, 0.6) is 0 Å². The SMILES string of the molecule is CC1CS(=O)(=O)NS(=O)(=O)CC1C. The molecule has 1 N–H and O–H groups in total. The molecule has 0 amide bonds. The maximum absolute atomic E-state index is 11.2. The van der Waals surface area contributed by atoms with E-state index in [1.807, 2.05) is 0 Å². The molecule has 7 heteroatoms. The molecule has 2 unspecified atom stereocenters. The average molecular weight is 227 g/mol. The van der Waals surface area contributed by atoms with Crippen molar-refractivity contribution in [3.8, 4) is 0 Å². The summed E-state index contributed by atoms with van der Waals surface area (Å²) in [5, 5.41) is 0. The second-order valence-corrected chi connectivity index (χ2v) is 7.39. The minimum absolute atomic E-state index is 0.118. The first-order valence-electron chi connectivity index (χ1n) is 3.96. The molecule has 0 aromatic rings. The first kappa shape index (κ1) is 10.9. The Morgan fingerprint density at radius 2 is 1.23 bits per heavy atom. The lowest BCUT2D eigenvalue weighted by molar-refractivity contribution is 0.455. The van der Waals surface area contributed by atoms with Gasteiger partial charge in [-0.15, -0.1) is 4.13 Å². The highest BCUT2D eigenvalue weighted by atomic mass is 32.3. The second-order valence-electron chi connectivity index (χ2n) is 3.60. The van der Waals surface area contributed by atoms with E-state index in [1.165, 1.54) is 0 Å². The van der Waals surface area contributed by atoms with Gasteiger partial charge in [-0.3, -0.25) is 0 Å². The van der Waals surface area contributed by atoms with Crippen LogP contribution in [0.4, 0.5) is 0 Å². The third kappa shape index (κ3) is 2.92. The number of hydrogen-bond donors (Lipinski definition) is 1. The third-order valence-electron chi connectivity index (χ3n) is 2.19. The Kier molecular flexibility index (Phi) is 2.70. The summed E-state index contributed by atoms with van der Waals surface area (Å²) in [4.78, 5) is 0. The molecule has 5 nitrogen and oxygen atoms in total. The lowest BCUT2D eigenvalue weighted by Crippen LogP contribution is -2.31. The van der Waals surface area contributed by atoms with Crippen molar-refractivity contribution in [1.82, 2.24) is 4.13 Å². The minimum Gasteiger partial charge on any atom is -0.211 e. The molecule has 0 aromatic carbocycles. The predicted molar refractivity (Wildman–Crippen MR) is 49.0 cm³/mol. The fourth-order valence-corrected chi connectivity index (χ4v) is 5.42. The van der Waals surface area contributed by atoms with Crippen molar-refractivity contribution in [1.29, 1.82) is 0 Å². The van der Waals surface area contributed by atoms with E-state index < -0.39 is 20.0 Å². The van der Waals surface area contributed by atoms with Gasteiger partial charge >= 0.3 is 0 Å². The smallest absolute Gasteiger partial charge is 0.211 e. The van der Waals surface area contributed by atoms with Crippen molar-refractivity contribution < 1.29 is 16.8 Å². The van der Waals surface area contributed by atoms with Crippen molar-refractivity contribution in [3.05, 3.63) is 0 Å². The molecule has 1 aliphatic heterocycles. The van der Waals surface area contributed by atoms with Gasteiger partial charge in [0.05, 0.1) is 11.5 Å². The van der Waals surface area contributed by atoms with Gasteiger partial charge in [0.15, 0.2) is 0 Å². The van der Waals surface area contributed by atoms with Crippen molar-refractivity contribution >= 4 is 20.0 Å². The van der Waals surface area contributed by atoms with Crippen LogP contribution in [0.3, 0.4) is 0 Å². The van der Waals surface area contributed by atoms with Gasteiger partial charge in [-0.25, -0.2) is 16.8 Å². The Morgan fingerprint density at radius 1 is 0.923 bits per heavy atom. The number of sulfonamides is 2. The summed E-state index contributed by atoms with van der Waals surface area (Å²) in [5.74, 6) is -0.495. The standard InChI is InChI=1S/C6H13NO4S2/c1-5-3-12(8,9)7-13(10,11)4-6(5)2/h5-7H,3-4H2,1-2H3. The van der Waals surface area contributed by atoms with Gasteiger partial charge in [0.1, 0.15) is 0 Å². The van der Waals surface area contributed by atoms with E-state index in [2.05, 4.69) is 0 Å². The van der Waals surface area contributed by atoms with E-state index in [-0.39, 0.29) is 23.3 Å². The Balaban J connectivity index is 3.08. The maximum atomic E-state index is 11.2. The predicted octanol–water partition coefficient (Wildman–Crippen LogP) is -0.479. The highest BCUT2D eigenvalue weighted by Crippen LogP contribution is 2.18. The molecule has 0 bridgehead atoms. The van der Waals surface area contributed by atoms with Crippen molar-refractivity contribution in [2.75, 3.05) is 11.5 Å². The van der Waals surface area contributed by atoms with Crippen LogP contribution in [0, 0.1) is 11.8 Å². The fraction of sp³-hybridized carbons (Fsp3) is 1.00. The molecule has 1 fully saturated rings. The van der Waals surface area contributed by atoms with Gasteiger partial charge in [0, 0.05) is 0 Å². The van der Waals surface area contributed by atoms with E-state index in [0.29, 0.717) is 0 Å². The molecule has 0 spiro atoms. The summed E-state index contributed by atoms with van der Waals surface area (Å²) >= 11 is 0. The summed E-state index contributed by atoms with van der Waals surface area (Å²) in [6.45, 7) is 3.48.